The largest absolute Gasteiger partial charge is 0.456 e. The second-order valence-electron chi connectivity index (χ2n) is 21.3. The van der Waals surface area contributed by atoms with Crippen molar-refractivity contribution in [3.8, 4) is 38.4 Å². The van der Waals surface area contributed by atoms with E-state index in [-0.39, 0.29) is 16.2 Å². The third-order valence-corrected chi connectivity index (χ3v) is 15.9. The fourth-order valence-corrected chi connectivity index (χ4v) is 12.2. The third kappa shape index (κ3) is 5.82. The molecule has 0 bridgehead atoms. The van der Waals surface area contributed by atoms with E-state index in [4.69, 9.17) is 4.42 Å². The fourth-order valence-electron chi connectivity index (χ4n) is 11.1. The van der Waals surface area contributed by atoms with Gasteiger partial charge in [-0.1, -0.05) is 152 Å². The van der Waals surface area contributed by atoms with Crippen LogP contribution < -0.4 is 16.2 Å². The molecule has 3 aromatic heterocycles. The van der Waals surface area contributed by atoms with Crippen molar-refractivity contribution in [2.75, 3.05) is 5.32 Å². The molecule has 0 amide bonds. The van der Waals surface area contributed by atoms with Gasteiger partial charge in [-0.15, -0.1) is 11.3 Å². The maximum Gasteiger partial charge on any atom is 0.197 e. The molecule has 11 aromatic rings. The molecule has 2 aliphatic rings. The first-order chi connectivity index (χ1) is 31.7. The SMILES string of the molecule is CC(C)(C)c1ccc(Nc2cc3oc4ccc(C(C)(C)C)cc4c3cc2-c2ccc3c4cc5c(cc4n4c3c2[B]c2cc3cc(-c6ccccc6)sc3cc2-4)-c2ccccc2C5(C)C)cc1. The second kappa shape index (κ2) is 13.6. The lowest BCUT2D eigenvalue weighted by Gasteiger charge is -2.24. The topological polar surface area (TPSA) is 30.1 Å². The molecule has 1 N–H and O–H groups in total. The van der Waals surface area contributed by atoms with E-state index in [1.807, 2.05) is 11.3 Å². The van der Waals surface area contributed by atoms with Crippen LogP contribution in [0.1, 0.15) is 77.6 Å². The van der Waals surface area contributed by atoms with E-state index in [1.54, 1.807) is 0 Å². The number of nitrogens with zero attached hydrogens (tertiary/aromatic N) is 1. The molecule has 13 rings (SSSR count). The second-order valence-corrected chi connectivity index (χ2v) is 22.4. The summed E-state index contributed by atoms with van der Waals surface area (Å²) in [5.41, 5.74) is 21.6. The molecule has 0 atom stereocenters. The van der Waals surface area contributed by atoms with Gasteiger partial charge in [-0.3, -0.25) is 0 Å². The van der Waals surface area contributed by atoms with Crippen LogP contribution in [0.2, 0.25) is 0 Å². The van der Waals surface area contributed by atoms with Gasteiger partial charge in [0.05, 0.1) is 11.2 Å². The summed E-state index contributed by atoms with van der Waals surface area (Å²) in [7, 11) is 2.47. The van der Waals surface area contributed by atoms with Crippen molar-refractivity contribution in [3.63, 3.8) is 0 Å². The highest BCUT2D eigenvalue weighted by Crippen LogP contribution is 2.52. The van der Waals surface area contributed by atoms with Crippen molar-refractivity contribution < 1.29 is 4.42 Å². The van der Waals surface area contributed by atoms with E-state index in [0.29, 0.717) is 0 Å². The van der Waals surface area contributed by atoms with Gasteiger partial charge in [-0.2, -0.15) is 0 Å². The van der Waals surface area contributed by atoms with Gasteiger partial charge in [0.15, 0.2) is 7.28 Å². The van der Waals surface area contributed by atoms with Crippen LogP contribution in [0.25, 0.3) is 92.2 Å². The molecule has 0 fully saturated rings. The first kappa shape index (κ1) is 39.5. The maximum absolute atomic E-state index is 6.70. The van der Waals surface area contributed by atoms with Crippen LogP contribution in [0, 0.1) is 0 Å². The van der Waals surface area contributed by atoms with Gasteiger partial charge < -0.3 is 14.3 Å². The average Bonchev–Trinajstić information content (AvgIpc) is 4.03. The van der Waals surface area contributed by atoms with E-state index >= 15 is 0 Å². The van der Waals surface area contributed by atoms with Gasteiger partial charge in [0, 0.05) is 65.1 Å². The summed E-state index contributed by atoms with van der Waals surface area (Å²) < 4.78 is 10.6. The minimum absolute atomic E-state index is 0.000469. The Hall–Kier alpha value is -6.82. The van der Waals surface area contributed by atoms with Gasteiger partial charge in [0.1, 0.15) is 11.2 Å². The highest BCUT2D eigenvalue weighted by Gasteiger charge is 2.37. The van der Waals surface area contributed by atoms with Crippen molar-refractivity contribution in [1.82, 2.24) is 4.57 Å². The lowest BCUT2D eigenvalue weighted by molar-refractivity contribution is 0.590. The molecule has 3 nitrogen and oxygen atoms in total. The first-order valence-electron chi connectivity index (χ1n) is 23.3. The summed E-state index contributed by atoms with van der Waals surface area (Å²) in [5, 5.41) is 10.0. The van der Waals surface area contributed by atoms with E-state index in [1.165, 1.54) is 97.9 Å². The van der Waals surface area contributed by atoms with E-state index in [9.17, 15) is 0 Å². The molecule has 1 aliphatic carbocycles. The Morgan fingerprint density at radius 3 is 2.11 bits per heavy atom. The molecule has 66 heavy (non-hydrogen) atoms. The molecule has 0 unspecified atom stereocenters. The molecule has 1 aliphatic heterocycles. The summed E-state index contributed by atoms with van der Waals surface area (Å²) >= 11 is 1.88. The highest BCUT2D eigenvalue weighted by molar-refractivity contribution is 7.22. The van der Waals surface area contributed by atoms with Crippen molar-refractivity contribution in [2.45, 2.75) is 71.6 Å². The smallest absolute Gasteiger partial charge is 0.197 e. The van der Waals surface area contributed by atoms with Crippen molar-refractivity contribution >= 4 is 94.7 Å². The molecule has 0 spiro atoms. The molecule has 0 saturated heterocycles. The van der Waals surface area contributed by atoms with Crippen LogP contribution in [0.5, 0.6) is 0 Å². The highest BCUT2D eigenvalue weighted by atomic mass is 32.1. The standard InChI is InChI=1S/C61H50BN2OS/c1-59(2,3)36-18-21-38(22-19-36)63-50-32-54-46(45-28-37(60(4,5)6)20-25-53(45)65-54)29-43(50)40-23-24-41-44-30-48-42(39-16-12-13-17-47(39)61(48,7)8)31-51(44)64-52-33-56-35(26-49(52)62-57(40)58(41)64)27-55(66-56)34-14-10-9-11-15-34/h9-33,63H,1-8H3. The Bertz CT molecular complexity index is 3850. The number of benzene rings is 8. The third-order valence-electron chi connectivity index (χ3n) is 14.7. The molecule has 1 radical (unpaired) electrons. The lowest BCUT2D eigenvalue weighted by atomic mass is 9.59. The summed E-state index contributed by atoms with van der Waals surface area (Å²) in [5.74, 6) is 0. The van der Waals surface area contributed by atoms with Gasteiger partial charge in [0.2, 0.25) is 0 Å². The van der Waals surface area contributed by atoms with Crippen LogP contribution in [0.3, 0.4) is 0 Å². The molecule has 4 heterocycles. The Balaban J connectivity index is 1.09. The number of hydrogen-bond donors (Lipinski definition) is 1. The molecule has 0 saturated carbocycles. The van der Waals surface area contributed by atoms with Crippen LogP contribution >= 0.6 is 11.3 Å². The van der Waals surface area contributed by atoms with Crippen molar-refractivity contribution in [3.05, 3.63) is 174 Å². The van der Waals surface area contributed by atoms with Crippen LogP contribution in [-0.4, -0.2) is 11.8 Å². The molecule has 8 aromatic carbocycles. The van der Waals surface area contributed by atoms with Gasteiger partial charge in [-0.25, -0.2) is 0 Å². The van der Waals surface area contributed by atoms with E-state index < -0.39 is 0 Å². The van der Waals surface area contributed by atoms with Crippen LogP contribution in [-0.2, 0) is 16.2 Å². The number of aromatic nitrogens is 1. The Morgan fingerprint density at radius 2 is 1.32 bits per heavy atom. The Kier molecular flexibility index (Phi) is 8.16. The van der Waals surface area contributed by atoms with E-state index in [2.05, 4.69) is 224 Å². The number of thiophene rings is 1. The number of anilines is 2. The van der Waals surface area contributed by atoms with Gasteiger partial charge in [0.25, 0.3) is 0 Å². The number of fused-ring (bicyclic) bond motifs is 12. The number of hydrogen-bond acceptors (Lipinski definition) is 3. The minimum atomic E-state index is -0.111. The average molecular weight is 870 g/mol. The lowest BCUT2D eigenvalue weighted by Crippen LogP contribution is -2.37. The number of nitrogens with one attached hydrogen (secondary N) is 1. The zero-order chi connectivity index (χ0) is 45.0. The summed E-state index contributed by atoms with van der Waals surface area (Å²) in [4.78, 5) is 1.28. The Labute approximate surface area is 391 Å². The fraction of sp³-hybridized carbons (Fsp3) is 0.180. The van der Waals surface area contributed by atoms with Gasteiger partial charge >= 0.3 is 0 Å². The minimum Gasteiger partial charge on any atom is -0.456 e. The van der Waals surface area contributed by atoms with Crippen LogP contribution in [0.15, 0.2) is 156 Å². The normalized spacial score (nSPS) is 14.0. The number of furan rings is 1. The van der Waals surface area contributed by atoms with E-state index in [0.717, 1.165) is 38.9 Å². The monoisotopic (exact) mass is 869 g/mol. The predicted octanol–water partition coefficient (Wildman–Crippen LogP) is 15.8. The summed E-state index contributed by atoms with van der Waals surface area (Å²) in [6.07, 6.45) is 0. The quantitative estimate of drug-likeness (QED) is 0.179. The predicted molar refractivity (Wildman–Crippen MR) is 284 cm³/mol. The Morgan fingerprint density at radius 1 is 0.576 bits per heavy atom. The summed E-state index contributed by atoms with van der Waals surface area (Å²) in [6, 6.07) is 57.1. The molecular formula is C61H50BN2OS. The van der Waals surface area contributed by atoms with Crippen LogP contribution in [0.4, 0.5) is 11.4 Å². The zero-order valence-electron chi connectivity index (χ0n) is 38.8. The first-order valence-corrected chi connectivity index (χ1v) is 24.1. The molecule has 319 valence electrons. The van der Waals surface area contributed by atoms with Crippen molar-refractivity contribution in [2.24, 2.45) is 0 Å². The summed E-state index contributed by atoms with van der Waals surface area (Å²) in [6.45, 7) is 18.4. The zero-order valence-corrected chi connectivity index (χ0v) is 39.6. The van der Waals surface area contributed by atoms with Crippen molar-refractivity contribution in [1.29, 1.82) is 0 Å². The van der Waals surface area contributed by atoms with Gasteiger partial charge in [-0.05, 0) is 121 Å². The maximum atomic E-state index is 6.70. The molecule has 5 heteroatoms. The number of rotatable bonds is 4. The molecular weight excluding hydrogens is 820 g/mol.